The minimum Gasteiger partial charge on any atom is -0.302 e. The SMILES string of the molecule is CC.CC.CSCCN1CCC(C)(C)CC1. The summed E-state index contributed by atoms with van der Waals surface area (Å²) < 4.78 is 0. The van der Waals surface area contributed by atoms with Crippen LogP contribution in [0.2, 0.25) is 0 Å². The molecular formula is C14H33NS. The van der Waals surface area contributed by atoms with Gasteiger partial charge in [0.2, 0.25) is 0 Å². The van der Waals surface area contributed by atoms with Gasteiger partial charge < -0.3 is 4.90 Å². The highest BCUT2D eigenvalue weighted by Gasteiger charge is 2.24. The van der Waals surface area contributed by atoms with Crippen molar-refractivity contribution in [3.8, 4) is 0 Å². The molecule has 1 aliphatic rings. The van der Waals surface area contributed by atoms with Gasteiger partial charge in [0.25, 0.3) is 0 Å². The average molecular weight is 247 g/mol. The zero-order valence-corrected chi connectivity index (χ0v) is 13.4. The summed E-state index contributed by atoms with van der Waals surface area (Å²) in [6, 6.07) is 0. The molecule has 16 heavy (non-hydrogen) atoms. The third-order valence-corrected chi connectivity index (χ3v) is 3.41. The Morgan fingerprint density at radius 2 is 1.44 bits per heavy atom. The van der Waals surface area contributed by atoms with Crippen LogP contribution in [0.15, 0.2) is 0 Å². The lowest BCUT2D eigenvalue weighted by atomic mass is 9.83. The van der Waals surface area contributed by atoms with Crippen LogP contribution in [-0.2, 0) is 0 Å². The summed E-state index contributed by atoms with van der Waals surface area (Å²) in [7, 11) is 0. The largest absolute Gasteiger partial charge is 0.302 e. The van der Waals surface area contributed by atoms with Gasteiger partial charge in [0.15, 0.2) is 0 Å². The lowest BCUT2D eigenvalue weighted by Crippen LogP contribution is -2.38. The second-order valence-electron chi connectivity index (χ2n) is 4.50. The van der Waals surface area contributed by atoms with Crippen LogP contribution in [0, 0.1) is 5.41 Å². The highest BCUT2D eigenvalue weighted by molar-refractivity contribution is 7.98. The summed E-state index contributed by atoms with van der Waals surface area (Å²) in [6.45, 7) is 16.7. The molecule has 1 heterocycles. The Morgan fingerprint density at radius 3 is 1.81 bits per heavy atom. The Kier molecular flexibility index (Phi) is 13.8. The Balaban J connectivity index is 0. The second-order valence-corrected chi connectivity index (χ2v) is 5.48. The van der Waals surface area contributed by atoms with Crippen LogP contribution < -0.4 is 0 Å². The minimum atomic E-state index is 0.607. The molecule has 0 N–H and O–H groups in total. The summed E-state index contributed by atoms with van der Waals surface area (Å²) in [5.74, 6) is 1.29. The molecule has 1 rings (SSSR count). The van der Waals surface area contributed by atoms with Crippen LogP contribution in [0.5, 0.6) is 0 Å². The van der Waals surface area contributed by atoms with Gasteiger partial charge in [-0.05, 0) is 37.6 Å². The van der Waals surface area contributed by atoms with Gasteiger partial charge in [0.1, 0.15) is 0 Å². The molecule has 1 fully saturated rings. The monoisotopic (exact) mass is 247 g/mol. The van der Waals surface area contributed by atoms with Gasteiger partial charge in [-0.15, -0.1) is 0 Å². The van der Waals surface area contributed by atoms with E-state index in [0.29, 0.717) is 5.41 Å². The fraction of sp³-hybridized carbons (Fsp3) is 1.00. The van der Waals surface area contributed by atoms with Crippen molar-refractivity contribution in [1.82, 2.24) is 4.90 Å². The smallest absolute Gasteiger partial charge is 0.00722 e. The predicted octanol–water partition coefficient (Wildman–Crippen LogP) is 4.52. The van der Waals surface area contributed by atoms with Crippen molar-refractivity contribution in [2.75, 3.05) is 31.6 Å². The third-order valence-electron chi connectivity index (χ3n) is 2.82. The van der Waals surface area contributed by atoms with Gasteiger partial charge in [-0.3, -0.25) is 0 Å². The van der Waals surface area contributed by atoms with Crippen molar-refractivity contribution in [2.45, 2.75) is 54.4 Å². The van der Waals surface area contributed by atoms with E-state index in [9.17, 15) is 0 Å². The highest BCUT2D eigenvalue weighted by atomic mass is 32.2. The molecule has 0 amide bonds. The van der Waals surface area contributed by atoms with E-state index < -0.39 is 0 Å². The summed E-state index contributed by atoms with van der Waals surface area (Å²) in [5.41, 5.74) is 0.607. The van der Waals surface area contributed by atoms with Crippen molar-refractivity contribution < 1.29 is 0 Å². The number of thioether (sulfide) groups is 1. The van der Waals surface area contributed by atoms with E-state index in [1.807, 2.05) is 39.5 Å². The number of piperidine rings is 1. The number of rotatable bonds is 3. The molecule has 0 aromatic carbocycles. The van der Waals surface area contributed by atoms with Crippen molar-refractivity contribution in [3.63, 3.8) is 0 Å². The standard InChI is InChI=1S/C10H21NS.2C2H6/c1-10(2)4-6-11(7-5-10)8-9-12-3;2*1-2/h4-9H2,1-3H3;2*1-2H3. The maximum absolute atomic E-state index is 2.60. The summed E-state index contributed by atoms with van der Waals surface area (Å²) >= 11 is 1.95. The molecule has 2 heteroatoms. The van der Waals surface area contributed by atoms with E-state index in [2.05, 4.69) is 25.0 Å². The van der Waals surface area contributed by atoms with Gasteiger partial charge in [0.05, 0.1) is 0 Å². The molecule has 0 bridgehead atoms. The molecule has 0 aromatic rings. The maximum Gasteiger partial charge on any atom is 0.00722 e. The number of hydrogen-bond donors (Lipinski definition) is 0. The van der Waals surface area contributed by atoms with Gasteiger partial charge in [-0.2, -0.15) is 11.8 Å². The number of hydrogen-bond acceptors (Lipinski definition) is 2. The quantitative estimate of drug-likeness (QED) is 0.721. The van der Waals surface area contributed by atoms with Crippen LogP contribution >= 0.6 is 11.8 Å². The fourth-order valence-corrected chi connectivity index (χ4v) is 2.04. The molecule has 0 atom stereocenters. The van der Waals surface area contributed by atoms with Gasteiger partial charge >= 0.3 is 0 Å². The van der Waals surface area contributed by atoms with E-state index in [1.165, 1.54) is 38.2 Å². The Hall–Kier alpha value is 0.310. The molecule has 0 radical (unpaired) electrons. The lowest BCUT2D eigenvalue weighted by Gasteiger charge is -2.36. The Bertz CT molecular complexity index is 125. The van der Waals surface area contributed by atoms with Crippen LogP contribution in [-0.4, -0.2) is 36.5 Å². The van der Waals surface area contributed by atoms with E-state index in [1.54, 1.807) is 0 Å². The summed E-state index contributed by atoms with van der Waals surface area (Å²) in [6.07, 6.45) is 4.94. The first-order chi connectivity index (χ1) is 7.64. The predicted molar refractivity (Wildman–Crippen MR) is 80.5 cm³/mol. The molecule has 1 saturated heterocycles. The molecular weight excluding hydrogens is 214 g/mol. The van der Waals surface area contributed by atoms with Gasteiger partial charge in [-0.25, -0.2) is 0 Å². The maximum atomic E-state index is 2.60. The molecule has 1 aliphatic heterocycles. The van der Waals surface area contributed by atoms with Gasteiger partial charge in [0, 0.05) is 12.3 Å². The van der Waals surface area contributed by atoms with Crippen molar-refractivity contribution in [1.29, 1.82) is 0 Å². The molecule has 0 aliphatic carbocycles. The first-order valence-corrected chi connectivity index (χ1v) is 8.25. The van der Waals surface area contributed by atoms with E-state index in [4.69, 9.17) is 0 Å². The summed E-state index contributed by atoms with van der Waals surface area (Å²) in [4.78, 5) is 2.60. The van der Waals surface area contributed by atoms with Crippen molar-refractivity contribution in [3.05, 3.63) is 0 Å². The van der Waals surface area contributed by atoms with E-state index in [0.717, 1.165) is 0 Å². The Labute approximate surface area is 108 Å². The van der Waals surface area contributed by atoms with E-state index in [-0.39, 0.29) is 0 Å². The van der Waals surface area contributed by atoms with Crippen LogP contribution in [0.25, 0.3) is 0 Å². The summed E-state index contributed by atoms with van der Waals surface area (Å²) in [5, 5.41) is 0. The number of nitrogens with zero attached hydrogens (tertiary/aromatic N) is 1. The average Bonchev–Trinajstić information content (AvgIpc) is 2.33. The van der Waals surface area contributed by atoms with Crippen LogP contribution in [0.3, 0.4) is 0 Å². The Morgan fingerprint density at radius 1 is 1.00 bits per heavy atom. The minimum absolute atomic E-state index is 0.607. The van der Waals surface area contributed by atoms with Crippen molar-refractivity contribution >= 4 is 11.8 Å². The molecule has 100 valence electrons. The normalized spacial score (nSPS) is 18.9. The van der Waals surface area contributed by atoms with E-state index >= 15 is 0 Å². The topological polar surface area (TPSA) is 3.24 Å². The first-order valence-electron chi connectivity index (χ1n) is 6.85. The lowest BCUT2D eigenvalue weighted by molar-refractivity contribution is 0.139. The molecule has 0 unspecified atom stereocenters. The molecule has 0 spiro atoms. The van der Waals surface area contributed by atoms with Crippen molar-refractivity contribution in [2.24, 2.45) is 5.41 Å². The van der Waals surface area contributed by atoms with Crippen LogP contribution in [0.1, 0.15) is 54.4 Å². The zero-order chi connectivity index (χ0) is 13.0. The van der Waals surface area contributed by atoms with Crippen LogP contribution in [0.4, 0.5) is 0 Å². The molecule has 0 aromatic heterocycles. The second kappa shape index (κ2) is 11.8. The van der Waals surface area contributed by atoms with Gasteiger partial charge in [-0.1, -0.05) is 41.5 Å². The first kappa shape index (κ1) is 18.7. The zero-order valence-electron chi connectivity index (χ0n) is 12.6. The number of likely N-dealkylation sites (tertiary alicyclic amines) is 1. The fourth-order valence-electron chi connectivity index (χ4n) is 1.60. The third kappa shape index (κ3) is 9.53. The molecule has 1 nitrogen and oxygen atoms in total. The molecule has 0 saturated carbocycles. The highest BCUT2D eigenvalue weighted by Crippen LogP contribution is 2.29.